The molecule has 0 aromatic heterocycles. The van der Waals surface area contributed by atoms with Crippen molar-refractivity contribution in [2.75, 3.05) is 40.9 Å². The van der Waals surface area contributed by atoms with Crippen LogP contribution in [0.3, 0.4) is 0 Å². The van der Waals surface area contributed by atoms with Crippen LogP contribution in [0.15, 0.2) is 36.5 Å². The Labute approximate surface area is 385 Å². The van der Waals surface area contributed by atoms with Gasteiger partial charge >= 0.3 is 0 Å². The van der Waals surface area contributed by atoms with Gasteiger partial charge in [-0.2, -0.15) is 0 Å². The number of likely N-dealkylation sites (N-methyl/N-ethyl adjacent to an activating group) is 1. The molecule has 0 aliphatic rings. The highest BCUT2D eigenvalue weighted by atomic mass is 31.2. The molecular formula is C53H103N2O6P. The van der Waals surface area contributed by atoms with E-state index >= 15 is 0 Å². The average Bonchev–Trinajstić information content (AvgIpc) is 3.23. The predicted octanol–water partition coefficient (Wildman–Crippen LogP) is 14.8. The van der Waals surface area contributed by atoms with Crippen molar-refractivity contribution in [2.24, 2.45) is 0 Å². The summed E-state index contributed by atoms with van der Waals surface area (Å²) in [5.74, 6) is -0.210. The maximum absolute atomic E-state index is 12.9. The first-order chi connectivity index (χ1) is 30.0. The standard InChI is InChI=1S/C53H103N2O6P/c1-6-8-10-12-14-16-18-20-22-24-25-26-27-28-29-31-33-35-37-39-41-43-45-47-53(57)54-51(50-61-62(58,59)60-49-48-55(3,4)5)52(56)46-44-42-40-38-36-34-32-30-23-21-19-17-15-13-11-9-7-2/h28-29,36,38,44,46,51-52,56H,6-27,30-35,37,39-43,45,47-50H2,1-5H3,(H-,54,57,58,59)/b29-28-,38-36+,46-44+. The highest BCUT2D eigenvalue weighted by Crippen LogP contribution is 2.38. The highest BCUT2D eigenvalue weighted by molar-refractivity contribution is 7.45. The first kappa shape index (κ1) is 60.7. The predicted molar refractivity (Wildman–Crippen MR) is 265 cm³/mol. The minimum Gasteiger partial charge on any atom is -0.756 e. The van der Waals surface area contributed by atoms with Crippen LogP contribution in [0.2, 0.25) is 0 Å². The van der Waals surface area contributed by atoms with Crippen LogP contribution >= 0.6 is 7.82 Å². The number of carbonyl (C=O) groups is 1. The van der Waals surface area contributed by atoms with Crippen LogP contribution in [-0.4, -0.2) is 68.5 Å². The van der Waals surface area contributed by atoms with Crippen molar-refractivity contribution in [1.82, 2.24) is 5.32 Å². The van der Waals surface area contributed by atoms with Crippen molar-refractivity contribution < 1.29 is 32.9 Å². The first-order valence-electron chi connectivity index (χ1n) is 26.4. The minimum atomic E-state index is -4.60. The number of phosphoric acid groups is 1. The molecular weight excluding hydrogens is 792 g/mol. The highest BCUT2D eigenvalue weighted by Gasteiger charge is 2.23. The smallest absolute Gasteiger partial charge is 0.268 e. The molecule has 62 heavy (non-hydrogen) atoms. The summed E-state index contributed by atoms with van der Waals surface area (Å²) in [6, 6.07) is -0.904. The Morgan fingerprint density at radius 2 is 0.903 bits per heavy atom. The molecule has 0 saturated carbocycles. The number of nitrogens with zero attached hydrogens (tertiary/aromatic N) is 1. The Balaban J connectivity index is 4.30. The second kappa shape index (κ2) is 44.9. The molecule has 3 unspecified atom stereocenters. The number of hydrogen-bond acceptors (Lipinski definition) is 6. The number of carbonyl (C=O) groups excluding carboxylic acids is 1. The van der Waals surface area contributed by atoms with E-state index in [2.05, 4.69) is 43.5 Å². The van der Waals surface area contributed by atoms with Crippen LogP contribution in [0.25, 0.3) is 0 Å². The van der Waals surface area contributed by atoms with E-state index in [4.69, 9.17) is 9.05 Å². The molecule has 0 radical (unpaired) electrons. The summed E-state index contributed by atoms with van der Waals surface area (Å²) in [6.07, 6.45) is 56.4. The van der Waals surface area contributed by atoms with Gasteiger partial charge in [0.2, 0.25) is 5.91 Å². The van der Waals surface area contributed by atoms with Gasteiger partial charge in [-0.15, -0.1) is 0 Å². The topological polar surface area (TPSA) is 108 Å². The zero-order valence-corrected chi connectivity index (χ0v) is 42.5. The van der Waals surface area contributed by atoms with Crippen molar-refractivity contribution >= 4 is 13.7 Å². The van der Waals surface area contributed by atoms with Gasteiger partial charge in [-0.1, -0.05) is 217 Å². The van der Waals surface area contributed by atoms with Gasteiger partial charge in [0, 0.05) is 6.42 Å². The minimum absolute atomic E-state index is 0.00683. The van der Waals surface area contributed by atoms with Gasteiger partial charge < -0.3 is 28.8 Å². The van der Waals surface area contributed by atoms with Gasteiger partial charge in [-0.3, -0.25) is 9.36 Å². The Bertz CT molecular complexity index is 1110. The average molecular weight is 895 g/mol. The van der Waals surface area contributed by atoms with Crippen molar-refractivity contribution in [3.8, 4) is 0 Å². The molecule has 0 aromatic rings. The Kier molecular flexibility index (Phi) is 44.0. The molecule has 0 fully saturated rings. The molecule has 366 valence electrons. The summed E-state index contributed by atoms with van der Waals surface area (Å²) in [7, 11) is 1.24. The zero-order valence-electron chi connectivity index (χ0n) is 41.6. The second-order valence-corrected chi connectivity index (χ2v) is 20.6. The number of unbranched alkanes of at least 4 members (excludes halogenated alkanes) is 31. The summed E-state index contributed by atoms with van der Waals surface area (Å²) < 4.78 is 23.3. The van der Waals surface area contributed by atoms with Crippen molar-refractivity contribution in [2.45, 2.75) is 257 Å². The number of amides is 1. The van der Waals surface area contributed by atoms with Crippen LogP contribution in [0.4, 0.5) is 0 Å². The lowest BCUT2D eigenvalue weighted by Crippen LogP contribution is -2.45. The van der Waals surface area contributed by atoms with Gasteiger partial charge in [0.25, 0.3) is 7.82 Å². The van der Waals surface area contributed by atoms with Gasteiger partial charge in [0.05, 0.1) is 39.9 Å². The number of hydrogen-bond donors (Lipinski definition) is 2. The third-order valence-electron chi connectivity index (χ3n) is 11.8. The fraction of sp³-hybridized carbons (Fsp3) is 0.868. The molecule has 0 heterocycles. The number of rotatable bonds is 48. The SMILES string of the molecule is CCCCCCCCCCCCC/C=C/CC/C=C/C(O)C(COP(=O)([O-])OCC[N+](C)(C)C)NC(=O)CCCCCCCCC/C=C\CCCCCCCCCCCCCC. The van der Waals surface area contributed by atoms with Crippen molar-refractivity contribution in [3.05, 3.63) is 36.5 Å². The summed E-state index contributed by atoms with van der Waals surface area (Å²) in [5, 5.41) is 13.8. The van der Waals surface area contributed by atoms with Crippen molar-refractivity contribution in [1.29, 1.82) is 0 Å². The molecule has 3 atom stereocenters. The van der Waals surface area contributed by atoms with Crippen LogP contribution in [0, 0.1) is 0 Å². The quantitative estimate of drug-likeness (QED) is 0.0273. The van der Waals surface area contributed by atoms with Gasteiger partial charge in [-0.05, 0) is 57.8 Å². The van der Waals surface area contributed by atoms with E-state index in [0.717, 1.165) is 38.5 Å². The van der Waals surface area contributed by atoms with E-state index in [1.54, 1.807) is 6.08 Å². The summed E-state index contributed by atoms with van der Waals surface area (Å²) >= 11 is 0. The lowest BCUT2D eigenvalue weighted by molar-refractivity contribution is -0.870. The number of allylic oxidation sites excluding steroid dienone is 5. The number of nitrogens with one attached hydrogen (secondary N) is 1. The number of quaternary nitrogens is 1. The van der Waals surface area contributed by atoms with E-state index < -0.39 is 26.6 Å². The van der Waals surface area contributed by atoms with Crippen LogP contribution in [-0.2, 0) is 18.4 Å². The molecule has 0 aromatic carbocycles. The molecule has 0 aliphatic heterocycles. The number of aliphatic hydroxyl groups excluding tert-OH is 1. The zero-order chi connectivity index (χ0) is 45.7. The van der Waals surface area contributed by atoms with Crippen LogP contribution in [0.5, 0.6) is 0 Å². The molecule has 0 aliphatic carbocycles. The van der Waals surface area contributed by atoms with Crippen LogP contribution in [0.1, 0.15) is 245 Å². The second-order valence-electron chi connectivity index (χ2n) is 19.2. The maximum atomic E-state index is 12.9. The third kappa shape index (κ3) is 46.7. The molecule has 9 heteroatoms. The molecule has 0 saturated heterocycles. The normalized spacial score (nSPS) is 14.4. The van der Waals surface area contributed by atoms with E-state index in [0.29, 0.717) is 17.4 Å². The molecule has 0 rings (SSSR count). The molecule has 8 nitrogen and oxygen atoms in total. The maximum Gasteiger partial charge on any atom is 0.268 e. The lowest BCUT2D eigenvalue weighted by atomic mass is 10.0. The largest absolute Gasteiger partial charge is 0.756 e. The summed E-state index contributed by atoms with van der Waals surface area (Å²) in [6.45, 7) is 4.64. The van der Waals surface area contributed by atoms with Gasteiger partial charge in [0.15, 0.2) is 0 Å². The Morgan fingerprint density at radius 3 is 1.31 bits per heavy atom. The fourth-order valence-corrected chi connectivity index (χ4v) is 8.36. The molecule has 0 spiro atoms. The van der Waals surface area contributed by atoms with Gasteiger partial charge in [-0.25, -0.2) is 0 Å². The van der Waals surface area contributed by atoms with E-state index in [9.17, 15) is 19.4 Å². The van der Waals surface area contributed by atoms with E-state index in [-0.39, 0.29) is 12.5 Å². The first-order valence-corrected chi connectivity index (χ1v) is 27.8. The van der Waals surface area contributed by atoms with E-state index in [1.807, 2.05) is 27.2 Å². The Hall–Kier alpha value is -1.28. The lowest BCUT2D eigenvalue weighted by Gasteiger charge is -2.29. The summed E-state index contributed by atoms with van der Waals surface area (Å²) in [5.41, 5.74) is 0. The van der Waals surface area contributed by atoms with Gasteiger partial charge in [0.1, 0.15) is 13.2 Å². The third-order valence-corrected chi connectivity index (χ3v) is 12.8. The summed E-state index contributed by atoms with van der Waals surface area (Å²) in [4.78, 5) is 25.4. The fourth-order valence-electron chi connectivity index (χ4n) is 7.63. The number of phosphoric ester groups is 1. The monoisotopic (exact) mass is 895 g/mol. The molecule has 2 N–H and O–H groups in total. The van der Waals surface area contributed by atoms with Crippen molar-refractivity contribution in [3.63, 3.8) is 0 Å². The van der Waals surface area contributed by atoms with Crippen LogP contribution < -0.4 is 10.2 Å². The Morgan fingerprint density at radius 1 is 0.548 bits per heavy atom. The molecule has 0 bridgehead atoms. The number of aliphatic hydroxyl groups is 1. The van der Waals surface area contributed by atoms with E-state index in [1.165, 1.54) is 186 Å². The molecule has 1 amide bonds.